The second-order valence-corrected chi connectivity index (χ2v) is 3.76. The van der Waals surface area contributed by atoms with Gasteiger partial charge in [-0.2, -0.15) is 0 Å². The summed E-state index contributed by atoms with van der Waals surface area (Å²) in [6.45, 7) is 2.63. The van der Waals surface area contributed by atoms with E-state index in [9.17, 15) is 4.79 Å². The normalized spacial score (nSPS) is 39.5. The van der Waals surface area contributed by atoms with Crippen molar-refractivity contribution in [3.63, 3.8) is 0 Å². The molecule has 74 valence electrons. The summed E-state index contributed by atoms with van der Waals surface area (Å²) in [5.74, 6) is -0.828. The first-order valence-corrected chi connectivity index (χ1v) is 4.51. The first-order valence-electron chi connectivity index (χ1n) is 4.51. The van der Waals surface area contributed by atoms with Gasteiger partial charge in [-0.3, -0.25) is 10.1 Å². The van der Waals surface area contributed by atoms with Crippen molar-refractivity contribution < 1.29 is 14.6 Å². The van der Waals surface area contributed by atoms with E-state index in [4.69, 9.17) is 9.84 Å². The number of morpholine rings is 1. The Hall–Kier alpha value is -0.650. The molecule has 2 heterocycles. The predicted molar refractivity (Wildman–Crippen MR) is 45.6 cm³/mol. The second kappa shape index (κ2) is 3.25. The van der Waals surface area contributed by atoms with Crippen LogP contribution in [0.1, 0.15) is 6.42 Å². The monoisotopic (exact) mass is 186 g/mol. The summed E-state index contributed by atoms with van der Waals surface area (Å²) < 4.78 is 5.30. The van der Waals surface area contributed by atoms with Crippen LogP contribution in [0.4, 0.5) is 0 Å². The molecule has 0 aromatic carbocycles. The molecule has 0 amide bonds. The lowest BCUT2D eigenvalue weighted by atomic mass is 9.97. The van der Waals surface area contributed by atoms with E-state index < -0.39 is 12.0 Å². The third kappa shape index (κ3) is 1.67. The highest BCUT2D eigenvalue weighted by Gasteiger charge is 2.40. The molecule has 3 N–H and O–H groups in total. The molecule has 2 fully saturated rings. The average molecular weight is 186 g/mol. The van der Waals surface area contributed by atoms with E-state index in [0.29, 0.717) is 6.61 Å². The highest BCUT2D eigenvalue weighted by molar-refractivity contribution is 5.73. The summed E-state index contributed by atoms with van der Waals surface area (Å²) in [7, 11) is 0. The zero-order chi connectivity index (χ0) is 9.31. The molecule has 2 aliphatic rings. The van der Waals surface area contributed by atoms with Gasteiger partial charge in [0.15, 0.2) is 0 Å². The zero-order valence-electron chi connectivity index (χ0n) is 7.38. The van der Waals surface area contributed by atoms with Gasteiger partial charge in [-0.1, -0.05) is 0 Å². The van der Waals surface area contributed by atoms with Crippen LogP contribution in [0.15, 0.2) is 0 Å². The maximum atomic E-state index is 10.7. The highest BCUT2D eigenvalue weighted by Crippen LogP contribution is 2.19. The highest BCUT2D eigenvalue weighted by atomic mass is 16.5. The molecule has 0 bridgehead atoms. The molecule has 2 rings (SSSR count). The van der Waals surface area contributed by atoms with Crippen LogP contribution in [0, 0.1) is 0 Å². The van der Waals surface area contributed by atoms with E-state index in [0.717, 1.165) is 19.5 Å². The van der Waals surface area contributed by atoms with Crippen LogP contribution in [0.5, 0.6) is 0 Å². The van der Waals surface area contributed by atoms with Gasteiger partial charge in [0.2, 0.25) is 0 Å². The third-order valence-electron chi connectivity index (χ3n) is 2.69. The van der Waals surface area contributed by atoms with Crippen molar-refractivity contribution in [1.82, 2.24) is 10.6 Å². The molecule has 0 saturated carbocycles. The van der Waals surface area contributed by atoms with Crippen LogP contribution < -0.4 is 10.6 Å². The number of rotatable bonds is 1. The minimum absolute atomic E-state index is 0.138. The van der Waals surface area contributed by atoms with Gasteiger partial charge >= 0.3 is 5.97 Å². The Morgan fingerprint density at radius 2 is 2.46 bits per heavy atom. The lowest BCUT2D eigenvalue weighted by molar-refractivity contribution is -0.145. The minimum atomic E-state index is -0.828. The largest absolute Gasteiger partial charge is 0.480 e. The smallest absolute Gasteiger partial charge is 0.323 e. The summed E-state index contributed by atoms with van der Waals surface area (Å²) in [6.07, 6.45) is 0.941. The number of ether oxygens (including phenoxy) is 1. The van der Waals surface area contributed by atoms with E-state index in [2.05, 4.69) is 10.6 Å². The topological polar surface area (TPSA) is 70.6 Å². The van der Waals surface area contributed by atoms with Gasteiger partial charge in [0, 0.05) is 6.54 Å². The van der Waals surface area contributed by atoms with Gasteiger partial charge in [0.05, 0.1) is 18.8 Å². The van der Waals surface area contributed by atoms with E-state index >= 15 is 0 Å². The maximum Gasteiger partial charge on any atom is 0.323 e. The molecule has 0 aliphatic carbocycles. The first-order chi connectivity index (χ1) is 6.22. The standard InChI is InChI=1S/C8H14N2O3/c11-7(12)6-3-13-5-8(10-6)1-2-9-4-8/h6,9-10H,1-5H2,(H,11,12). The van der Waals surface area contributed by atoms with Gasteiger partial charge in [-0.25, -0.2) is 0 Å². The van der Waals surface area contributed by atoms with Crippen molar-refractivity contribution in [2.45, 2.75) is 18.0 Å². The van der Waals surface area contributed by atoms with E-state index in [-0.39, 0.29) is 12.1 Å². The molecule has 5 nitrogen and oxygen atoms in total. The minimum Gasteiger partial charge on any atom is -0.480 e. The molecule has 0 aromatic rings. The Labute approximate surface area is 76.5 Å². The fraction of sp³-hybridized carbons (Fsp3) is 0.875. The van der Waals surface area contributed by atoms with Crippen LogP contribution in [-0.4, -0.2) is 49.0 Å². The molecule has 13 heavy (non-hydrogen) atoms. The van der Waals surface area contributed by atoms with E-state index in [1.54, 1.807) is 0 Å². The number of carboxylic acid groups (broad SMARTS) is 1. The second-order valence-electron chi connectivity index (χ2n) is 3.76. The van der Waals surface area contributed by atoms with E-state index in [1.807, 2.05) is 0 Å². The lowest BCUT2D eigenvalue weighted by Gasteiger charge is -2.37. The van der Waals surface area contributed by atoms with Crippen LogP contribution in [-0.2, 0) is 9.53 Å². The van der Waals surface area contributed by atoms with Crippen LogP contribution in [0.2, 0.25) is 0 Å². The fourth-order valence-electron chi connectivity index (χ4n) is 1.95. The van der Waals surface area contributed by atoms with Gasteiger partial charge in [0.25, 0.3) is 0 Å². The Morgan fingerprint density at radius 3 is 3.08 bits per heavy atom. The molecular formula is C8H14N2O3. The molecule has 5 heteroatoms. The maximum absolute atomic E-state index is 10.7. The van der Waals surface area contributed by atoms with Crippen LogP contribution in [0.25, 0.3) is 0 Å². The van der Waals surface area contributed by atoms with E-state index in [1.165, 1.54) is 0 Å². The summed E-state index contributed by atoms with van der Waals surface area (Å²) in [6, 6.07) is -0.548. The van der Waals surface area contributed by atoms with Crippen LogP contribution >= 0.6 is 0 Å². The Morgan fingerprint density at radius 1 is 1.62 bits per heavy atom. The lowest BCUT2D eigenvalue weighted by Crippen LogP contribution is -2.62. The Balaban J connectivity index is 2.02. The molecule has 2 atom stereocenters. The Kier molecular flexibility index (Phi) is 2.23. The summed E-state index contributed by atoms with van der Waals surface area (Å²) >= 11 is 0. The van der Waals surface area contributed by atoms with Crippen LogP contribution in [0.3, 0.4) is 0 Å². The molecule has 2 aliphatic heterocycles. The number of aliphatic carboxylic acids is 1. The number of hydrogen-bond donors (Lipinski definition) is 3. The Bertz CT molecular complexity index is 213. The molecule has 0 aromatic heterocycles. The van der Waals surface area contributed by atoms with Gasteiger partial charge in [-0.15, -0.1) is 0 Å². The summed E-state index contributed by atoms with van der Waals surface area (Å²) in [5.41, 5.74) is -0.138. The zero-order valence-corrected chi connectivity index (χ0v) is 7.38. The average Bonchev–Trinajstić information content (AvgIpc) is 2.53. The molecule has 2 saturated heterocycles. The van der Waals surface area contributed by atoms with Crippen molar-refractivity contribution in [2.75, 3.05) is 26.3 Å². The van der Waals surface area contributed by atoms with Crippen molar-refractivity contribution in [2.24, 2.45) is 0 Å². The molecule has 0 radical (unpaired) electrons. The van der Waals surface area contributed by atoms with Gasteiger partial charge < -0.3 is 15.2 Å². The SMILES string of the molecule is O=C(O)C1COCC2(CCNC2)N1. The first kappa shape index (κ1) is 8.93. The quantitative estimate of drug-likeness (QED) is 0.479. The number of carbonyl (C=O) groups is 1. The number of hydrogen-bond acceptors (Lipinski definition) is 4. The number of nitrogens with one attached hydrogen (secondary N) is 2. The molecular weight excluding hydrogens is 172 g/mol. The van der Waals surface area contributed by atoms with Crippen molar-refractivity contribution in [3.8, 4) is 0 Å². The fourth-order valence-corrected chi connectivity index (χ4v) is 1.95. The van der Waals surface area contributed by atoms with Crippen molar-refractivity contribution >= 4 is 5.97 Å². The number of carboxylic acids is 1. The predicted octanol–water partition coefficient (Wildman–Crippen LogP) is -1.21. The van der Waals surface area contributed by atoms with Gasteiger partial charge in [-0.05, 0) is 13.0 Å². The summed E-state index contributed by atoms with van der Waals surface area (Å²) in [5, 5.41) is 15.2. The summed E-state index contributed by atoms with van der Waals surface area (Å²) in [4.78, 5) is 10.7. The molecule has 1 spiro atoms. The third-order valence-corrected chi connectivity index (χ3v) is 2.69. The molecule has 2 unspecified atom stereocenters. The van der Waals surface area contributed by atoms with Crippen molar-refractivity contribution in [3.05, 3.63) is 0 Å². The van der Waals surface area contributed by atoms with Gasteiger partial charge in [0.1, 0.15) is 6.04 Å². The van der Waals surface area contributed by atoms with Crippen molar-refractivity contribution in [1.29, 1.82) is 0 Å².